The minimum Gasteiger partial charge on any atom is -0.343 e. The Hall–Kier alpha value is -1.56. The summed E-state index contributed by atoms with van der Waals surface area (Å²) in [5, 5.41) is 8.03. The van der Waals surface area contributed by atoms with Crippen molar-refractivity contribution in [3.63, 3.8) is 0 Å². The molecule has 0 unspecified atom stereocenters. The van der Waals surface area contributed by atoms with E-state index in [1.54, 1.807) is 29.1 Å². The molecule has 2 rings (SSSR count). The van der Waals surface area contributed by atoms with Gasteiger partial charge in [0.25, 0.3) is 5.91 Å². The number of amides is 1. The van der Waals surface area contributed by atoms with E-state index in [1.807, 2.05) is 20.0 Å². The van der Waals surface area contributed by atoms with Crippen molar-refractivity contribution in [2.75, 3.05) is 6.54 Å². The highest BCUT2D eigenvalue weighted by molar-refractivity contribution is 6.35. The molecule has 0 spiro atoms. The van der Waals surface area contributed by atoms with E-state index in [9.17, 15) is 4.79 Å². The summed E-state index contributed by atoms with van der Waals surface area (Å²) in [6.07, 6.45) is 3.60. The van der Waals surface area contributed by atoms with Crippen LogP contribution in [0.25, 0.3) is 0 Å². The quantitative estimate of drug-likeness (QED) is 0.878. The van der Waals surface area contributed by atoms with E-state index in [0.29, 0.717) is 28.7 Å². The van der Waals surface area contributed by atoms with Crippen molar-refractivity contribution in [3.05, 3.63) is 51.8 Å². The summed E-state index contributed by atoms with van der Waals surface area (Å²) in [6, 6.07) is 4.75. The lowest BCUT2D eigenvalue weighted by molar-refractivity contribution is 0.0912. The van der Waals surface area contributed by atoms with Gasteiger partial charge in [0, 0.05) is 33.9 Å². The second kappa shape index (κ2) is 6.69. The van der Waals surface area contributed by atoms with Crippen molar-refractivity contribution >= 4 is 29.1 Å². The smallest absolute Gasteiger partial charge is 0.252 e. The number of nitrogens with two attached hydrogens (primary N) is 1. The molecule has 7 heteroatoms. The zero-order chi connectivity index (χ0) is 16.3. The number of aromatic nitrogens is 2. The van der Waals surface area contributed by atoms with Gasteiger partial charge in [0.1, 0.15) is 0 Å². The Balaban J connectivity index is 2.17. The third-order valence-electron chi connectivity index (χ3n) is 3.26. The molecule has 2 aromatic rings. The molecule has 1 aromatic carbocycles. The second-order valence-electron chi connectivity index (χ2n) is 5.52. The van der Waals surface area contributed by atoms with E-state index < -0.39 is 5.54 Å². The van der Waals surface area contributed by atoms with E-state index in [-0.39, 0.29) is 5.91 Å². The van der Waals surface area contributed by atoms with Gasteiger partial charge in [0.2, 0.25) is 0 Å². The first kappa shape index (κ1) is 16.8. The number of halogens is 2. The topological polar surface area (TPSA) is 72.9 Å². The highest BCUT2D eigenvalue weighted by Crippen LogP contribution is 2.22. The molecule has 3 N–H and O–H groups in total. The lowest BCUT2D eigenvalue weighted by Gasteiger charge is -2.25. The molecule has 0 fully saturated rings. The summed E-state index contributed by atoms with van der Waals surface area (Å²) in [5.74, 6) is -0.249. The molecule has 0 aliphatic rings. The monoisotopic (exact) mass is 340 g/mol. The Labute approximate surface area is 139 Å². The largest absolute Gasteiger partial charge is 0.343 e. The first-order valence-electron chi connectivity index (χ1n) is 6.83. The minimum absolute atomic E-state index is 0.249. The van der Waals surface area contributed by atoms with E-state index in [0.717, 1.165) is 5.56 Å². The van der Waals surface area contributed by atoms with E-state index in [1.165, 1.54) is 0 Å². The van der Waals surface area contributed by atoms with Gasteiger partial charge in [-0.3, -0.25) is 9.48 Å². The molecule has 0 saturated carbocycles. The van der Waals surface area contributed by atoms with Crippen LogP contribution in [-0.4, -0.2) is 22.2 Å². The van der Waals surface area contributed by atoms with E-state index >= 15 is 0 Å². The van der Waals surface area contributed by atoms with Gasteiger partial charge in [0.15, 0.2) is 0 Å². The number of benzene rings is 1. The maximum absolute atomic E-state index is 12.4. The Kier molecular flexibility index (Phi) is 5.11. The molecule has 0 bridgehead atoms. The van der Waals surface area contributed by atoms with Gasteiger partial charge in [-0.1, -0.05) is 23.2 Å². The second-order valence-corrected chi connectivity index (χ2v) is 6.39. The molecule has 0 saturated heterocycles. The predicted octanol–water partition coefficient (Wildman–Crippen LogP) is 2.81. The number of nitrogens with zero attached hydrogens (tertiary/aromatic N) is 2. The van der Waals surface area contributed by atoms with Crippen LogP contribution in [-0.2, 0) is 12.1 Å². The predicted molar refractivity (Wildman–Crippen MR) is 88.2 cm³/mol. The molecule has 1 heterocycles. The van der Waals surface area contributed by atoms with E-state index in [4.69, 9.17) is 28.9 Å². The first-order chi connectivity index (χ1) is 10.3. The summed E-state index contributed by atoms with van der Waals surface area (Å²) in [6.45, 7) is 4.95. The minimum atomic E-state index is -0.585. The Morgan fingerprint density at radius 2 is 1.95 bits per heavy atom. The molecule has 1 aromatic heterocycles. The Morgan fingerprint density at radius 1 is 1.32 bits per heavy atom. The molecular weight excluding hydrogens is 323 g/mol. The van der Waals surface area contributed by atoms with E-state index in [2.05, 4.69) is 10.4 Å². The van der Waals surface area contributed by atoms with Crippen molar-refractivity contribution in [2.45, 2.75) is 25.9 Å². The zero-order valence-electron chi connectivity index (χ0n) is 12.4. The van der Waals surface area contributed by atoms with Crippen LogP contribution in [0.2, 0.25) is 10.0 Å². The number of nitrogens with one attached hydrogen (secondary N) is 1. The number of hydrogen-bond acceptors (Lipinski definition) is 3. The van der Waals surface area contributed by atoms with Crippen LogP contribution in [0.5, 0.6) is 0 Å². The average molecular weight is 341 g/mol. The third kappa shape index (κ3) is 4.00. The molecule has 0 radical (unpaired) electrons. The summed E-state index contributed by atoms with van der Waals surface area (Å²) < 4.78 is 1.75. The number of hydrogen-bond donors (Lipinski definition) is 2. The third-order valence-corrected chi connectivity index (χ3v) is 3.70. The highest BCUT2D eigenvalue weighted by atomic mass is 35.5. The van der Waals surface area contributed by atoms with Crippen molar-refractivity contribution < 1.29 is 4.79 Å². The van der Waals surface area contributed by atoms with Gasteiger partial charge < -0.3 is 11.1 Å². The average Bonchev–Trinajstić information content (AvgIpc) is 2.87. The van der Waals surface area contributed by atoms with Gasteiger partial charge in [-0.05, 0) is 32.0 Å². The summed E-state index contributed by atoms with van der Waals surface area (Å²) in [4.78, 5) is 12.4. The fourth-order valence-electron chi connectivity index (χ4n) is 2.05. The lowest BCUT2D eigenvalue weighted by atomic mass is 9.97. The number of carbonyl (C=O) groups excluding carboxylic acids is 1. The summed E-state index contributed by atoms with van der Waals surface area (Å²) >= 11 is 11.9. The van der Waals surface area contributed by atoms with Gasteiger partial charge in [-0.25, -0.2) is 0 Å². The summed E-state index contributed by atoms with van der Waals surface area (Å²) in [5.41, 5.74) is 6.23. The number of carbonyl (C=O) groups is 1. The lowest BCUT2D eigenvalue weighted by Crippen LogP contribution is -2.40. The van der Waals surface area contributed by atoms with Gasteiger partial charge in [-0.15, -0.1) is 0 Å². The van der Waals surface area contributed by atoms with Crippen LogP contribution in [0.3, 0.4) is 0 Å². The Morgan fingerprint density at radius 3 is 2.55 bits per heavy atom. The van der Waals surface area contributed by atoms with Crippen molar-refractivity contribution in [1.82, 2.24) is 15.1 Å². The van der Waals surface area contributed by atoms with Crippen LogP contribution >= 0.6 is 23.2 Å². The molecule has 0 atom stereocenters. The highest BCUT2D eigenvalue weighted by Gasteiger charge is 2.25. The first-order valence-corrected chi connectivity index (χ1v) is 7.59. The molecule has 5 nitrogen and oxygen atoms in total. The normalized spacial score (nSPS) is 11.5. The molecule has 22 heavy (non-hydrogen) atoms. The maximum Gasteiger partial charge on any atom is 0.252 e. The molecule has 0 aliphatic heterocycles. The van der Waals surface area contributed by atoms with Crippen LogP contribution in [0, 0.1) is 0 Å². The standard InChI is InChI=1S/C15H18Cl2N4O/c1-15(2,11-8-19-21(9-11)4-3-18)20-14(22)10-5-12(16)7-13(17)6-10/h5-9H,3-4,18H2,1-2H3,(H,20,22). The molecule has 1 amide bonds. The maximum atomic E-state index is 12.4. The summed E-state index contributed by atoms with van der Waals surface area (Å²) in [7, 11) is 0. The molecular formula is C15H18Cl2N4O. The van der Waals surface area contributed by atoms with Crippen LogP contribution < -0.4 is 11.1 Å². The van der Waals surface area contributed by atoms with Crippen molar-refractivity contribution in [1.29, 1.82) is 0 Å². The van der Waals surface area contributed by atoms with Gasteiger partial charge in [-0.2, -0.15) is 5.10 Å². The van der Waals surface area contributed by atoms with Crippen molar-refractivity contribution in [2.24, 2.45) is 5.73 Å². The van der Waals surface area contributed by atoms with Gasteiger partial charge in [0.05, 0.1) is 18.3 Å². The van der Waals surface area contributed by atoms with Crippen LogP contribution in [0.1, 0.15) is 29.8 Å². The molecule has 118 valence electrons. The van der Waals surface area contributed by atoms with Crippen LogP contribution in [0.4, 0.5) is 0 Å². The van der Waals surface area contributed by atoms with Crippen molar-refractivity contribution in [3.8, 4) is 0 Å². The molecule has 0 aliphatic carbocycles. The fourth-order valence-corrected chi connectivity index (χ4v) is 2.58. The van der Waals surface area contributed by atoms with Gasteiger partial charge >= 0.3 is 0 Å². The fraction of sp³-hybridized carbons (Fsp3) is 0.333. The SMILES string of the molecule is CC(C)(NC(=O)c1cc(Cl)cc(Cl)c1)c1cnn(CCN)c1. The van der Waals surface area contributed by atoms with Crippen LogP contribution in [0.15, 0.2) is 30.6 Å². The zero-order valence-corrected chi connectivity index (χ0v) is 13.9. The Bertz CT molecular complexity index is 662. The number of rotatable bonds is 5.